The first-order chi connectivity index (χ1) is 9.68. The van der Waals surface area contributed by atoms with Crippen molar-refractivity contribution in [3.63, 3.8) is 0 Å². The van der Waals surface area contributed by atoms with Crippen LogP contribution in [0, 0.1) is 5.92 Å². The fraction of sp³-hybridized carbons (Fsp3) is 0.812. The Hall–Kier alpha value is -0.870. The summed E-state index contributed by atoms with van der Waals surface area (Å²) in [6.45, 7) is 3.37. The van der Waals surface area contributed by atoms with E-state index in [2.05, 4.69) is 36.0 Å². The molecule has 1 heterocycles. The number of allylic oxidation sites excluding steroid dienone is 2. The third-order valence-corrected chi connectivity index (χ3v) is 4.32. The van der Waals surface area contributed by atoms with Gasteiger partial charge >= 0.3 is 0 Å². The number of hydrogen-bond donors (Lipinski definition) is 0. The lowest BCUT2D eigenvalue weighted by Crippen LogP contribution is -2.48. The van der Waals surface area contributed by atoms with E-state index >= 15 is 0 Å². The molecule has 4 heteroatoms. The molecule has 2 aliphatic rings. The average Bonchev–Trinajstić information content (AvgIpc) is 2.49. The van der Waals surface area contributed by atoms with Crippen molar-refractivity contribution < 1.29 is 9.53 Å². The fourth-order valence-corrected chi connectivity index (χ4v) is 3.03. The first-order valence-electron chi connectivity index (χ1n) is 7.86. The van der Waals surface area contributed by atoms with Gasteiger partial charge in [0.05, 0.1) is 0 Å². The van der Waals surface area contributed by atoms with Crippen LogP contribution in [0.2, 0.25) is 0 Å². The SMILES string of the molecule is CN(C)CCN(C(=O)C1CC=CCC1)C1CCOCC1. The number of carbonyl (C=O) groups is 1. The van der Waals surface area contributed by atoms with Crippen LogP contribution in [0.5, 0.6) is 0 Å². The van der Waals surface area contributed by atoms with E-state index in [0.29, 0.717) is 11.9 Å². The highest BCUT2D eigenvalue weighted by Gasteiger charge is 2.30. The van der Waals surface area contributed by atoms with Gasteiger partial charge in [-0.3, -0.25) is 4.79 Å². The maximum absolute atomic E-state index is 12.8. The van der Waals surface area contributed by atoms with Crippen LogP contribution in [0.4, 0.5) is 0 Å². The smallest absolute Gasteiger partial charge is 0.226 e. The van der Waals surface area contributed by atoms with Gasteiger partial charge in [-0.2, -0.15) is 0 Å². The molecule has 114 valence electrons. The molecule has 0 aromatic rings. The number of amides is 1. The van der Waals surface area contributed by atoms with Crippen molar-refractivity contribution in [2.45, 2.75) is 38.1 Å². The summed E-state index contributed by atoms with van der Waals surface area (Å²) in [4.78, 5) is 17.1. The number of hydrogen-bond acceptors (Lipinski definition) is 3. The molecule has 0 saturated carbocycles. The van der Waals surface area contributed by atoms with Crippen LogP contribution in [-0.4, -0.2) is 62.1 Å². The largest absolute Gasteiger partial charge is 0.381 e. The van der Waals surface area contributed by atoms with Crippen molar-refractivity contribution in [1.29, 1.82) is 0 Å². The van der Waals surface area contributed by atoms with Gasteiger partial charge in [-0.05, 0) is 46.2 Å². The van der Waals surface area contributed by atoms with Crippen molar-refractivity contribution in [3.05, 3.63) is 12.2 Å². The second-order valence-corrected chi connectivity index (χ2v) is 6.16. The molecule has 0 radical (unpaired) electrons. The Kier molecular flexibility index (Phi) is 6.05. The van der Waals surface area contributed by atoms with Crippen molar-refractivity contribution in [1.82, 2.24) is 9.80 Å². The zero-order chi connectivity index (χ0) is 14.4. The molecule has 1 atom stereocenters. The zero-order valence-electron chi connectivity index (χ0n) is 12.9. The number of rotatable bonds is 5. The Morgan fingerprint density at radius 3 is 2.50 bits per heavy atom. The number of likely N-dealkylation sites (N-methyl/N-ethyl adjacent to an activating group) is 1. The molecule has 4 nitrogen and oxygen atoms in total. The third kappa shape index (κ3) is 4.32. The van der Waals surface area contributed by atoms with Crippen LogP contribution >= 0.6 is 0 Å². The van der Waals surface area contributed by atoms with E-state index in [4.69, 9.17) is 4.74 Å². The monoisotopic (exact) mass is 280 g/mol. The highest BCUT2D eigenvalue weighted by atomic mass is 16.5. The van der Waals surface area contributed by atoms with Crippen molar-refractivity contribution in [2.24, 2.45) is 5.92 Å². The van der Waals surface area contributed by atoms with Gasteiger partial charge in [0.15, 0.2) is 0 Å². The molecule has 0 spiro atoms. The second kappa shape index (κ2) is 7.79. The van der Waals surface area contributed by atoms with Gasteiger partial charge in [-0.15, -0.1) is 0 Å². The quantitative estimate of drug-likeness (QED) is 0.721. The first kappa shape index (κ1) is 15.5. The van der Waals surface area contributed by atoms with E-state index < -0.39 is 0 Å². The van der Waals surface area contributed by atoms with E-state index in [1.165, 1.54) is 0 Å². The molecular weight excluding hydrogens is 252 g/mol. The van der Waals surface area contributed by atoms with Gasteiger partial charge < -0.3 is 14.5 Å². The van der Waals surface area contributed by atoms with Crippen molar-refractivity contribution >= 4 is 5.91 Å². The van der Waals surface area contributed by atoms with E-state index in [1.807, 2.05) is 0 Å². The van der Waals surface area contributed by atoms with E-state index in [1.54, 1.807) is 0 Å². The molecule has 1 aliphatic carbocycles. The summed E-state index contributed by atoms with van der Waals surface area (Å²) in [6.07, 6.45) is 9.31. The standard InChI is InChI=1S/C16H28N2O2/c1-17(2)10-11-18(15-8-12-20-13-9-15)16(19)14-6-4-3-5-7-14/h3-4,14-15H,5-13H2,1-2H3. The molecule has 0 aromatic heterocycles. The lowest BCUT2D eigenvalue weighted by Gasteiger charge is -2.37. The molecule has 0 bridgehead atoms. The molecule has 1 fully saturated rings. The fourth-order valence-electron chi connectivity index (χ4n) is 3.03. The summed E-state index contributed by atoms with van der Waals surface area (Å²) in [5.41, 5.74) is 0. The molecule has 1 aliphatic heterocycles. The second-order valence-electron chi connectivity index (χ2n) is 6.16. The van der Waals surface area contributed by atoms with Crippen molar-refractivity contribution in [3.8, 4) is 0 Å². The molecule has 1 saturated heterocycles. The average molecular weight is 280 g/mol. The minimum Gasteiger partial charge on any atom is -0.381 e. The summed E-state index contributed by atoms with van der Waals surface area (Å²) < 4.78 is 5.44. The summed E-state index contributed by atoms with van der Waals surface area (Å²) in [6, 6.07) is 0.377. The van der Waals surface area contributed by atoms with Crippen LogP contribution in [0.25, 0.3) is 0 Å². The van der Waals surface area contributed by atoms with Gasteiger partial charge in [0.2, 0.25) is 5.91 Å². The topological polar surface area (TPSA) is 32.8 Å². The molecule has 0 aromatic carbocycles. The maximum atomic E-state index is 12.8. The maximum Gasteiger partial charge on any atom is 0.226 e. The predicted molar refractivity (Wildman–Crippen MR) is 80.6 cm³/mol. The molecule has 1 unspecified atom stereocenters. The normalized spacial score (nSPS) is 24.1. The van der Waals surface area contributed by atoms with Crippen molar-refractivity contribution in [2.75, 3.05) is 40.4 Å². The minimum atomic E-state index is 0.199. The predicted octanol–water partition coefficient (Wildman–Crippen LogP) is 1.91. The lowest BCUT2D eigenvalue weighted by molar-refractivity contribution is -0.140. The Balaban J connectivity index is 1.99. The van der Waals surface area contributed by atoms with Gasteiger partial charge in [-0.25, -0.2) is 0 Å². The highest BCUT2D eigenvalue weighted by molar-refractivity contribution is 5.79. The Morgan fingerprint density at radius 1 is 1.15 bits per heavy atom. The van der Waals surface area contributed by atoms with Gasteiger partial charge in [0.25, 0.3) is 0 Å². The van der Waals surface area contributed by atoms with E-state index in [-0.39, 0.29) is 5.92 Å². The van der Waals surface area contributed by atoms with E-state index in [0.717, 1.165) is 58.4 Å². The summed E-state index contributed by atoms with van der Waals surface area (Å²) >= 11 is 0. The van der Waals surface area contributed by atoms with Crippen LogP contribution in [-0.2, 0) is 9.53 Å². The number of nitrogens with zero attached hydrogens (tertiary/aromatic N) is 2. The molecule has 20 heavy (non-hydrogen) atoms. The van der Waals surface area contributed by atoms with Gasteiger partial charge in [-0.1, -0.05) is 12.2 Å². The summed E-state index contributed by atoms with van der Waals surface area (Å²) in [5.74, 6) is 0.563. The summed E-state index contributed by atoms with van der Waals surface area (Å²) in [5, 5.41) is 0. The van der Waals surface area contributed by atoms with Gasteiger partial charge in [0, 0.05) is 38.3 Å². The van der Waals surface area contributed by atoms with Crippen LogP contribution in [0.3, 0.4) is 0 Å². The third-order valence-electron chi connectivity index (χ3n) is 4.32. The summed E-state index contributed by atoms with van der Waals surface area (Å²) in [7, 11) is 4.13. The molecule has 1 amide bonds. The number of ether oxygens (including phenoxy) is 1. The zero-order valence-corrected chi connectivity index (χ0v) is 12.9. The molecule has 2 rings (SSSR count). The van der Waals surface area contributed by atoms with Gasteiger partial charge in [0.1, 0.15) is 0 Å². The Bertz CT molecular complexity index is 335. The van der Waals surface area contributed by atoms with Crippen LogP contribution in [0.15, 0.2) is 12.2 Å². The Morgan fingerprint density at radius 2 is 1.90 bits per heavy atom. The van der Waals surface area contributed by atoms with Crippen LogP contribution in [0.1, 0.15) is 32.1 Å². The highest BCUT2D eigenvalue weighted by Crippen LogP contribution is 2.24. The van der Waals surface area contributed by atoms with Crippen LogP contribution < -0.4 is 0 Å². The van der Waals surface area contributed by atoms with E-state index in [9.17, 15) is 4.79 Å². The molecule has 0 N–H and O–H groups in total. The Labute approximate surface area is 122 Å². The first-order valence-corrected chi connectivity index (χ1v) is 7.86. The number of carbonyl (C=O) groups excluding carboxylic acids is 1. The lowest BCUT2D eigenvalue weighted by atomic mass is 9.92. The molecular formula is C16H28N2O2. The minimum absolute atomic E-state index is 0.199.